The molecule has 4 nitrogen and oxygen atoms in total. The molecule has 0 N–H and O–H groups in total. The van der Waals surface area contributed by atoms with E-state index in [1.54, 1.807) is 10.6 Å². The lowest BCUT2D eigenvalue weighted by Gasteiger charge is -2.32. The third kappa shape index (κ3) is 4.07. The van der Waals surface area contributed by atoms with Crippen molar-refractivity contribution in [3.8, 4) is 27.5 Å². The molecule has 2 aromatic carbocycles. The third-order valence-corrected chi connectivity index (χ3v) is 7.18. The van der Waals surface area contributed by atoms with Crippen LogP contribution in [0.1, 0.15) is 41.9 Å². The van der Waals surface area contributed by atoms with Gasteiger partial charge in [-0.2, -0.15) is 0 Å². The van der Waals surface area contributed by atoms with Crippen LogP contribution in [-0.4, -0.2) is 15.3 Å². The Hall–Kier alpha value is -3.02. The number of ketones is 1. The monoisotopic (exact) mass is 474 g/mol. The first-order valence-corrected chi connectivity index (χ1v) is 12.1. The van der Waals surface area contributed by atoms with E-state index in [1.165, 1.54) is 11.3 Å². The molecule has 0 amide bonds. The summed E-state index contributed by atoms with van der Waals surface area (Å²) in [7, 11) is 0. The van der Waals surface area contributed by atoms with Gasteiger partial charge in [0.15, 0.2) is 5.78 Å². The van der Waals surface area contributed by atoms with E-state index in [0.29, 0.717) is 34.0 Å². The van der Waals surface area contributed by atoms with E-state index in [1.807, 2.05) is 60.8 Å². The minimum absolute atomic E-state index is 0.0674. The maximum atomic E-state index is 13.8. The lowest BCUT2D eigenvalue weighted by molar-refractivity contribution is 0.0909. The Morgan fingerprint density at radius 2 is 1.67 bits per heavy atom. The second kappa shape index (κ2) is 8.08. The van der Waals surface area contributed by atoms with Gasteiger partial charge in [-0.05, 0) is 49.1 Å². The predicted molar refractivity (Wildman–Crippen MR) is 135 cm³/mol. The van der Waals surface area contributed by atoms with Gasteiger partial charge in [-0.15, -0.1) is 11.3 Å². The largest absolute Gasteiger partial charge is 0.294 e. The maximum Gasteiger partial charge on any atom is 0.265 e. The molecule has 0 fully saturated rings. The molecule has 0 unspecified atom stereocenters. The van der Waals surface area contributed by atoms with Gasteiger partial charge in [0.2, 0.25) is 0 Å². The zero-order valence-corrected chi connectivity index (χ0v) is 20.3. The van der Waals surface area contributed by atoms with E-state index in [4.69, 9.17) is 16.6 Å². The van der Waals surface area contributed by atoms with Crippen LogP contribution in [0.3, 0.4) is 0 Å². The van der Waals surface area contributed by atoms with Crippen LogP contribution in [0.15, 0.2) is 64.8 Å². The summed E-state index contributed by atoms with van der Waals surface area (Å²) in [6.45, 7) is 6.16. The highest BCUT2D eigenvalue weighted by molar-refractivity contribution is 7.13. The lowest BCUT2D eigenvalue weighted by atomic mass is 9.75. The number of pyridine rings is 1. The molecule has 0 spiro atoms. The van der Waals surface area contributed by atoms with Crippen molar-refractivity contribution in [1.29, 1.82) is 0 Å². The van der Waals surface area contributed by atoms with Crippen molar-refractivity contribution in [2.45, 2.75) is 33.6 Å². The van der Waals surface area contributed by atoms with Crippen molar-refractivity contribution in [2.24, 2.45) is 5.41 Å². The molecule has 1 aliphatic rings. The van der Waals surface area contributed by atoms with E-state index in [2.05, 4.69) is 13.8 Å². The van der Waals surface area contributed by atoms with Crippen LogP contribution in [0.25, 0.3) is 27.5 Å². The number of halogens is 1. The number of rotatable bonds is 3. The smallest absolute Gasteiger partial charge is 0.265 e. The highest BCUT2D eigenvalue weighted by atomic mass is 35.5. The average Bonchev–Trinajstić information content (AvgIpc) is 3.24. The molecule has 0 bridgehead atoms. The zero-order chi connectivity index (χ0) is 23.3. The van der Waals surface area contributed by atoms with Gasteiger partial charge < -0.3 is 0 Å². The molecular formula is C27H23ClN2O2S. The van der Waals surface area contributed by atoms with E-state index >= 15 is 0 Å². The second-order valence-corrected chi connectivity index (χ2v) is 10.7. The normalized spacial score (nSPS) is 14.8. The summed E-state index contributed by atoms with van der Waals surface area (Å²) in [5.74, 6) is 0.0674. The van der Waals surface area contributed by atoms with Crippen molar-refractivity contribution in [1.82, 2.24) is 9.55 Å². The zero-order valence-electron chi connectivity index (χ0n) is 18.7. The Balaban J connectivity index is 1.72. The summed E-state index contributed by atoms with van der Waals surface area (Å²) in [4.78, 5) is 31.7. The van der Waals surface area contributed by atoms with Crippen LogP contribution < -0.4 is 5.56 Å². The molecule has 0 aliphatic heterocycles. The number of thiazole rings is 1. The lowest BCUT2D eigenvalue weighted by Crippen LogP contribution is -2.34. The first kappa shape index (κ1) is 21.8. The van der Waals surface area contributed by atoms with E-state index in [9.17, 15) is 9.59 Å². The maximum absolute atomic E-state index is 13.8. The number of carbonyl (C=O) groups is 1. The van der Waals surface area contributed by atoms with Gasteiger partial charge in [0.05, 0.1) is 11.3 Å². The van der Waals surface area contributed by atoms with Gasteiger partial charge in [0.25, 0.3) is 5.56 Å². The number of hydrogen-bond acceptors (Lipinski definition) is 4. The van der Waals surface area contributed by atoms with Crippen molar-refractivity contribution >= 4 is 28.7 Å². The Morgan fingerprint density at radius 3 is 2.36 bits per heavy atom. The first-order valence-electron chi connectivity index (χ1n) is 10.8. The molecule has 0 saturated carbocycles. The van der Waals surface area contributed by atoms with Crippen LogP contribution in [0.4, 0.5) is 0 Å². The van der Waals surface area contributed by atoms with Gasteiger partial charge in [-0.3, -0.25) is 14.2 Å². The summed E-state index contributed by atoms with van der Waals surface area (Å²) in [5.41, 5.74) is 5.08. The third-order valence-electron chi connectivity index (χ3n) is 6.06. The summed E-state index contributed by atoms with van der Waals surface area (Å²) in [6.07, 6.45) is 1.12. The number of aromatic nitrogens is 2. The fraction of sp³-hybridized carbons (Fsp3) is 0.222. The number of hydrogen-bond donors (Lipinski definition) is 0. The fourth-order valence-corrected chi connectivity index (χ4v) is 5.35. The molecule has 4 aromatic rings. The predicted octanol–water partition coefficient (Wildman–Crippen LogP) is 6.74. The SMILES string of the molecule is Cc1ccc(-n2c3c(cc(-c4nc(-c5ccc(Cl)cc5)cs4)c2=O)C(=O)CC(C)(C)C3)cc1. The highest BCUT2D eigenvalue weighted by Crippen LogP contribution is 2.37. The number of benzene rings is 2. The van der Waals surface area contributed by atoms with Gasteiger partial charge in [0.1, 0.15) is 5.01 Å². The average molecular weight is 475 g/mol. The second-order valence-electron chi connectivity index (χ2n) is 9.38. The number of aryl methyl sites for hydroxylation is 1. The molecule has 166 valence electrons. The highest BCUT2D eigenvalue weighted by Gasteiger charge is 2.34. The standard InChI is InChI=1S/C27H23ClN2O2S/c1-16-4-10-19(11-5-16)30-23-13-27(2,3)14-24(31)20(23)12-21(26(30)32)25-29-22(15-33-25)17-6-8-18(28)9-7-17/h4-12,15H,13-14H2,1-3H3. The minimum Gasteiger partial charge on any atom is -0.294 e. The quantitative estimate of drug-likeness (QED) is 0.330. The summed E-state index contributed by atoms with van der Waals surface area (Å²) in [6, 6.07) is 17.1. The molecular weight excluding hydrogens is 452 g/mol. The summed E-state index contributed by atoms with van der Waals surface area (Å²) >= 11 is 7.42. The van der Waals surface area contributed by atoms with E-state index in [0.717, 1.165) is 28.2 Å². The number of Topliss-reactive ketones (excluding diaryl/α,β-unsaturated/α-hetero) is 1. The van der Waals surface area contributed by atoms with Crippen molar-refractivity contribution in [3.05, 3.63) is 92.2 Å². The molecule has 0 radical (unpaired) electrons. The molecule has 1 aliphatic carbocycles. The molecule has 2 aromatic heterocycles. The van der Waals surface area contributed by atoms with Crippen LogP contribution >= 0.6 is 22.9 Å². The Kier molecular flexibility index (Phi) is 5.34. The van der Waals surface area contributed by atoms with E-state index in [-0.39, 0.29) is 16.8 Å². The Bertz CT molecular complexity index is 1430. The Morgan fingerprint density at radius 1 is 0.970 bits per heavy atom. The number of fused-ring (bicyclic) bond motifs is 1. The fourth-order valence-electron chi connectivity index (χ4n) is 4.39. The summed E-state index contributed by atoms with van der Waals surface area (Å²) < 4.78 is 1.71. The molecule has 2 heterocycles. The van der Waals surface area contributed by atoms with Gasteiger partial charge in [-0.1, -0.05) is 55.3 Å². The number of carbonyl (C=O) groups excluding carboxylic acids is 1. The topological polar surface area (TPSA) is 52.0 Å². The van der Waals surface area contributed by atoms with Crippen LogP contribution in [0, 0.1) is 12.3 Å². The van der Waals surface area contributed by atoms with Crippen molar-refractivity contribution in [2.75, 3.05) is 0 Å². The van der Waals surface area contributed by atoms with Crippen molar-refractivity contribution < 1.29 is 4.79 Å². The van der Waals surface area contributed by atoms with Crippen LogP contribution in [-0.2, 0) is 6.42 Å². The molecule has 0 saturated heterocycles. The van der Waals surface area contributed by atoms with Crippen molar-refractivity contribution in [3.63, 3.8) is 0 Å². The van der Waals surface area contributed by atoms with Crippen LogP contribution in [0.2, 0.25) is 5.02 Å². The number of nitrogens with zero attached hydrogens (tertiary/aromatic N) is 2. The van der Waals surface area contributed by atoms with Crippen LogP contribution in [0.5, 0.6) is 0 Å². The molecule has 5 rings (SSSR count). The van der Waals surface area contributed by atoms with Gasteiger partial charge >= 0.3 is 0 Å². The van der Waals surface area contributed by atoms with Gasteiger partial charge in [0, 0.05) is 39.3 Å². The minimum atomic E-state index is -0.201. The van der Waals surface area contributed by atoms with Gasteiger partial charge in [-0.25, -0.2) is 4.98 Å². The van der Waals surface area contributed by atoms with E-state index < -0.39 is 0 Å². The first-order chi connectivity index (χ1) is 15.7. The Labute approximate surface area is 201 Å². The molecule has 0 atom stereocenters. The molecule has 33 heavy (non-hydrogen) atoms. The molecule has 6 heteroatoms. The summed E-state index contributed by atoms with van der Waals surface area (Å²) in [5, 5.41) is 3.19.